The van der Waals surface area contributed by atoms with Crippen LogP contribution in [0.2, 0.25) is 0 Å². The summed E-state index contributed by atoms with van der Waals surface area (Å²) in [6.07, 6.45) is 3.89. The van der Waals surface area contributed by atoms with Crippen molar-refractivity contribution in [2.75, 3.05) is 0 Å². The highest BCUT2D eigenvalue weighted by atomic mass is 31.0. The maximum absolute atomic E-state index is 3.70. The number of allylic oxidation sites excluding steroid dienone is 4. The van der Waals surface area contributed by atoms with Crippen molar-refractivity contribution in [3.63, 3.8) is 0 Å². The molecule has 0 saturated carbocycles. The van der Waals surface area contributed by atoms with Gasteiger partial charge in [0.2, 0.25) is 0 Å². The molecule has 0 saturated heterocycles. The van der Waals surface area contributed by atoms with Crippen molar-refractivity contribution in [2.24, 2.45) is 0 Å². The number of rotatable bonds is 2. The predicted octanol–water partition coefficient (Wildman–Crippen LogP) is 3.78. The summed E-state index contributed by atoms with van der Waals surface area (Å²) in [6, 6.07) is 0. The molecule has 0 bridgehead atoms. The lowest BCUT2D eigenvalue weighted by Gasteiger charge is -1.84. The first-order chi connectivity index (χ1) is 4.63. The second kappa shape index (κ2) is 12.3. The van der Waals surface area contributed by atoms with E-state index in [4.69, 9.17) is 0 Å². The third-order valence-corrected chi connectivity index (χ3v) is 0.652. The Kier molecular flexibility index (Phi) is 19.0. The molecule has 0 aromatic rings. The summed E-state index contributed by atoms with van der Waals surface area (Å²) >= 11 is 0. The highest BCUT2D eigenvalue weighted by Gasteiger charge is 1.72. The molecule has 0 heterocycles. The van der Waals surface area contributed by atoms with Crippen molar-refractivity contribution in [3.05, 3.63) is 36.5 Å². The number of hydrogen-bond acceptors (Lipinski definition) is 0. The maximum Gasteiger partial charge on any atom is -0.0404 e. The Morgan fingerprint density at radius 1 is 0.909 bits per heavy atom. The van der Waals surface area contributed by atoms with E-state index in [9.17, 15) is 0 Å². The van der Waals surface area contributed by atoms with E-state index in [1.54, 1.807) is 0 Å². The summed E-state index contributed by atoms with van der Waals surface area (Å²) in [6.45, 7) is 15.3. The average molecular weight is 172 g/mol. The fourth-order valence-corrected chi connectivity index (χ4v) is 0.285. The monoisotopic (exact) mass is 172 g/mol. The summed E-state index contributed by atoms with van der Waals surface area (Å²) in [7, 11) is 0. The summed E-state index contributed by atoms with van der Waals surface area (Å²) in [5.74, 6) is 0. The zero-order chi connectivity index (χ0) is 8.57. The van der Waals surface area contributed by atoms with E-state index in [-0.39, 0.29) is 9.90 Å². The van der Waals surface area contributed by atoms with Crippen LogP contribution in [0.5, 0.6) is 0 Å². The Bertz CT molecular complexity index is 116. The van der Waals surface area contributed by atoms with Crippen molar-refractivity contribution in [2.45, 2.75) is 27.7 Å². The highest BCUT2D eigenvalue weighted by Crippen LogP contribution is 1.94. The smallest absolute Gasteiger partial charge is 0.0404 e. The largest absolute Gasteiger partial charge is 0.153 e. The fraction of sp³-hybridized carbons (Fsp3) is 0.400. The van der Waals surface area contributed by atoms with Crippen LogP contribution in [0.25, 0.3) is 0 Å². The molecule has 0 N–H and O–H groups in total. The van der Waals surface area contributed by atoms with Gasteiger partial charge in [0.1, 0.15) is 0 Å². The zero-order valence-electron chi connectivity index (χ0n) is 8.28. The fourth-order valence-electron chi connectivity index (χ4n) is 0.285. The van der Waals surface area contributed by atoms with Crippen LogP contribution in [0.3, 0.4) is 0 Å². The Morgan fingerprint density at radius 2 is 1.09 bits per heavy atom. The first kappa shape index (κ1) is 16.9. The van der Waals surface area contributed by atoms with E-state index >= 15 is 0 Å². The van der Waals surface area contributed by atoms with Crippen LogP contribution in [0.1, 0.15) is 27.7 Å². The SMILES string of the molecule is C=C(C)/C=C\C(=C)C.CC.P. The van der Waals surface area contributed by atoms with Crippen LogP contribution >= 0.6 is 9.90 Å². The van der Waals surface area contributed by atoms with Crippen LogP contribution in [-0.2, 0) is 0 Å². The zero-order valence-corrected chi connectivity index (χ0v) is 9.69. The topological polar surface area (TPSA) is 0 Å². The van der Waals surface area contributed by atoms with E-state index < -0.39 is 0 Å². The molecule has 0 aliphatic heterocycles. The number of hydrogen-bond donors (Lipinski definition) is 0. The first-order valence-corrected chi connectivity index (χ1v) is 3.62. The average Bonchev–Trinajstić information content (AvgIpc) is 1.89. The third-order valence-electron chi connectivity index (χ3n) is 0.652. The second-order valence-corrected chi connectivity index (χ2v) is 2.03. The van der Waals surface area contributed by atoms with Gasteiger partial charge < -0.3 is 0 Å². The van der Waals surface area contributed by atoms with Crippen LogP contribution in [0.15, 0.2) is 36.5 Å². The molecule has 0 aromatic carbocycles. The van der Waals surface area contributed by atoms with Gasteiger partial charge in [-0.05, 0) is 13.8 Å². The summed E-state index contributed by atoms with van der Waals surface area (Å²) in [5.41, 5.74) is 2.13. The summed E-state index contributed by atoms with van der Waals surface area (Å²) < 4.78 is 0. The minimum Gasteiger partial charge on any atom is -0.153 e. The quantitative estimate of drug-likeness (QED) is 0.439. The van der Waals surface area contributed by atoms with Gasteiger partial charge in [0.15, 0.2) is 0 Å². The second-order valence-electron chi connectivity index (χ2n) is 2.03. The van der Waals surface area contributed by atoms with Gasteiger partial charge in [0, 0.05) is 0 Å². The molecular formula is C10H21P. The normalized spacial score (nSPS) is 7.64. The molecule has 11 heavy (non-hydrogen) atoms. The lowest BCUT2D eigenvalue weighted by molar-refractivity contribution is 1.50. The third kappa shape index (κ3) is 26.1. The Hall–Kier alpha value is -0.350. The first-order valence-electron chi connectivity index (χ1n) is 3.62. The molecule has 0 aliphatic rings. The van der Waals surface area contributed by atoms with E-state index in [1.165, 1.54) is 0 Å². The van der Waals surface area contributed by atoms with Gasteiger partial charge in [-0.25, -0.2) is 0 Å². The summed E-state index contributed by atoms with van der Waals surface area (Å²) in [4.78, 5) is 0. The summed E-state index contributed by atoms with van der Waals surface area (Å²) in [5, 5.41) is 0. The van der Waals surface area contributed by atoms with Gasteiger partial charge in [0.25, 0.3) is 0 Å². The van der Waals surface area contributed by atoms with Gasteiger partial charge in [-0.1, -0.05) is 50.3 Å². The molecule has 1 unspecified atom stereocenters. The minimum atomic E-state index is 0. The van der Waals surface area contributed by atoms with Crippen LogP contribution < -0.4 is 0 Å². The van der Waals surface area contributed by atoms with Gasteiger partial charge in [-0.2, -0.15) is 9.90 Å². The Labute approximate surface area is 74.7 Å². The highest BCUT2D eigenvalue weighted by molar-refractivity contribution is 6.92. The lowest BCUT2D eigenvalue weighted by Crippen LogP contribution is -1.62. The molecule has 0 radical (unpaired) electrons. The van der Waals surface area contributed by atoms with Crippen LogP contribution in [0.4, 0.5) is 0 Å². The van der Waals surface area contributed by atoms with E-state index in [2.05, 4.69) is 13.2 Å². The molecule has 0 spiro atoms. The van der Waals surface area contributed by atoms with Crippen molar-refractivity contribution in [1.29, 1.82) is 0 Å². The molecule has 0 nitrogen and oxygen atoms in total. The van der Waals surface area contributed by atoms with Crippen molar-refractivity contribution in [3.8, 4) is 0 Å². The van der Waals surface area contributed by atoms with Crippen LogP contribution in [-0.4, -0.2) is 0 Å². The lowest BCUT2D eigenvalue weighted by atomic mass is 10.2. The molecule has 0 rings (SSSR count). The van der Waals surface area contributed by atoms with Gasteiger partial charge in [0.05, 0.1) is 0 Å². The predicted molar refractivity (Wildman–Crippen MR) is 61.2 cm³/mol. The van der Waals surface area contributed by atoms with Crippen molar-refractivity contribution >= 4 is 9.90 Å². The maximum atomic E-state index is 3.70. The molecular weight excluding hydrogens is 151 g/mol. The Balaban J connectivity index is -0.000000196. The molecule has 0 fully saturated rings. The van der Waals surface area contributed by atoms with Crippen molar-refractivity contribution < 1.29 is 0 Å². The standard InChI is InChI=1S/C8H12.C2H6.H3P/c1-7(2)5-6-8(3)4;1-2;/h5-6H,1,3H2,2,4H3;1-2H3;1H3/b6-5-;;. The van der Waals surface area contributed by atoms with Crippen molar-refractivity contribution in [1.82, 2.24) is 0 Å². The molecule has 0 amide bonds. The molecule has 66 valence electrons. The molecule has 1 atom stereocenters. The molecule has 0 aliphatic carbocycles. The van der Waals surface area contributed by atoms with E-state index in [1.807, 2.05) is 39.8 Å². The van der Waals surface area contributed by atoms with Crippen LogP contribution in [0, 0.1) is 0 Å². The van der Waals surface area contributed by atoms with E-state index in [0.29, 0.717) is 0 Å². The van der Waals surface area contributed by atoms with E-state index in [0.717, 1.165) is 11.1 Å². The van der Waals surface area contributed by atoms with Gasteiger partial charge >= 0.3 is 0 Å². The van der Waals surface area contributed by atoms with Gasteiger partial charge in [-0.15, -0.1) is 0 Å². The Morgan fingerprint density at radius 3 is 1.18 bits per heavy atom. The molecule has 0 aromatic heterocycles. The minimum absolute atomic E-state index is 0. The van der Waals surface area contributed by atoms with Gasteiger partial charge in [-0.3, -0.25) is 0 Å². The molecule has 1 heteroatoms.